The third-order valence-corrected chi connectivity index (χ3v) is 3.56. The van der Waals surface area contributed by atoms with Gasteiger partial charge in [0, 0.05) is 18.9 Å². The van der Waals surface area contributed by atoms with Crippen LogP contribution in [0.25, 0.3) is 0 Å². The van der Waals surface area contributed by atoms with Crippen LogP contribution in [0, 0.1) is 23.2 Å². The maximum Gasteiger partial charge on any atom is 0.306 e. The number of hydrogen-bond acceptors (Lipinski definition) is 5. The minimum absolute atomic E-state index is 0.192. The van der Waals surface area contributed by atoms with E-state index in [1.54, 1.807) is 6.20 Å². The molecule has 0 spiro atoms. The third kappa shape index (κ3) is 3.41. The molecule has 1 aliphatic rings. The minimum atomic E-state index is -0.688. The molecule has 0 bridgehead atoms. The van der Waals surface area contributed by atoms with Crippen LogP contribution in [-0.4, -0.2) is 27.6 Å². The number of hydrogen-bond donors (Lipinski definition) is 2. The molecule has 19 heavy (non-hydrogen) atoms. The van der Waals surface area contributed by atoms with Gasteiger partial charge in [0.25, 0.3) is 0 Å². The zero-order valence-electron chi connectivity index (χ0n) is 10.5. The van der Waals surface area contributed by atoms with Gasteiger partial charge in [0.2, 0.25) is 0 Å². The topological polar surface area (TPSA) is 98.9 Å². The largest absolute Gasteiger partial charge is 0.481 e. The van der Waals surface area contributed by atoms with Crippen LogP contribution in [0.15, 0.2) is 12.4 Å². The summed E-state index contributed by atoms with van der Waals surface area (Å²) in [6, 6.07) is 1.99. The molecule has 0 amide bonds. The number of carboxylic acids is 1. The number of rotatable bonds is 4. The summed E-state index contributed by atoms with van der Waals surface area (Å²) in [4.78, 5) is 18.9. The second kappa shape index (κ2) is 6.14. The van der Waals surface area contributed by atoms with Crippen LogP contribution in [0.4, 0.5) is 5.82 Å². The summed E-state index contributed by atoms with van der Waals surface area (Å²) in [6.45, 7) is 0.708. The Balaban J connectivity index is 1.84. The first-order valence-electron chi connectivity index (χ1n) is 6.38. The molecule has 6 nitrogen and oxygen atoms in total. The molecule has 2 N–H and O–H groups in total. The summed E-state index contributed by atoms with van der Waals surface area (Å²) in [5, 5.41) is 21.0. The summed E-state index contributed by atoms with van der Waals surface area (Å²) in [7, 11) is 0. The van der Waals surface area contributed by atoms with Crippen molar-refractivity contribution in [2.24, 2.45) is 11.8 Å². The molecular weight excluding hydrogens is 244 g/mol. The fourth-order valence-electron chi connectivity index (χ4n) is 2.40. The van der Waals surface area contributed by atoms with Crippen molar-refractivity contribution in [3.63, 3.8) is 0 Å². The van der Waals surface area contributed by atoms with E-state index >= 15 is 0 Å². The van der Waals surface area contributed by atoms with Crippen molar-refractivity contribution in [1.29, 1.82) is 5.26 Å². The maximum absolute atomic E-state index is 10.9. The zero-order valence-corrected chi connectivity index (χ0v) is 10.5. The molecular formula is C13H16N4O2. The highest BCUT2D eigenvalue weighted by Crippen LogP contribution is 2.29. The van der Waals surface area contributed by atoms with Crippen molar-refractivity contribution in [3.05, 3.63) is 18.1 Å². The highest BCUT2D eigenvalue weighted by molar-refractivity contribution is 5.70. The van der Waals surface area contributed by atoms with Gasteiger partial charge < -0.3 is 10.4 Å². The molecule has 0 aromatic carbocycles. The number of nitrogens with one attached hydrogen (secondary N) is 1. The first-order valence-corrected chi connectivity index (χ1v) is 6.38. The standard InChI is InChI=1S/C13H16N4O2/c14-7-11-12(16-6-5-15-11)17-8-9-1-3-10(4-2-9)13(18)19/h5-6,9-10H,1-4,8H2,(H,16,17)(H,18,19). The van der Waals surface area contributed by atoms with E-state index in [2.05, 4.69) is 15.3 Å². The van der Waals surface area contributed by atoms with Gasteiger partial charge in [0.05, 0.1) is 5.92 Å². The van der Waals surface area contributed by atoms with E-state index in [9.17, 15) is 4.79 Å². The number of carboxylic acid groups (broad SMARTS) is 1. The van der Waals surface area contributed by atoms with E-state index < -0.39 is 5.97 Å². The monoisotopic (exact) mass is 260 g/mol. The predicted molar refractivity (Wildman–Crippen MR) is 68.3 cm³/mol. The van der Waals surface area contributed by atoms with E-state index in [0.717, 1.165) is 25.7 Å². The second-order valence-electron chi connectivity index (χ2n) is 4.80. The molecule has 1 aromatic heterocycles. The SMILES string of the molecule is N#Cc1nccnc1NCC1CCC(C(=O)O)CC1. The Morgan fingerprint density at radius 2 is 2.05 bits per heavy atom. The van der Waals surface area contributed by atoms with E-state index in [-0.39, 0.29) is 5.92 Å². The first-order chi connectivity index (χ1) is 9.20. The Kier molecular flexibility index (Phi) is 4.29. The summed E-state index contributed by atoms with van der Waals surface area (Å²) < 4.78 is 0. The molecule has 2 rings (SSSR count). The summed E-state index contributed by atoms with van der Waals surface area (Å²) in [6.07, 6.45) is 6.28. The van der Waals surface area contributed by atoms with Crippen molar-refractivity contribution in [2.45, 2.75) is 25.7 Å². The number of nitrogens with zero attached hydrogens (tertiary/aromatic N) is 3. The van der Waals surface area contributed by atoms with Crippen molar-refractivity contribution >= 4 is 11.8 Å². The Bertz CT molecular complexity index is 490. The Morgan fingerprint density at radius 1 is 1.37 bits per heavy atom. The van der Waals surface area contributed by atoms with E-state index in [1.165, 1.54) is 6.20 Å². The minimum Gasteiger partial charge on any atom is -0.481 e. The Hall–Kier alpha value is -2.16. The van der Waals surface area contributed by atoms with Gasteiger partial charge in [0.15, 0.2) is 11.5 Å². The van der Waals surface area contributed by atoms with Crippen LogP contribution in [0.1, 0.15) is 31.4 Å². The second-order valence-corrected chi connectivity index (χ2v) is 4.80. The predicted octanol–water partition coefficient (Wildman–Crippen LogP) is 1.65. The molecule has 1 saturated carbocycles. The van der Waals surface area contributed by atoms with Crippen LogP contribution < -0.4 is 5.32 Å². The smallest absolute Gasteiger partial charge is 0.306 e. The van der Waals surface area contributed by atoms with E-state index in [4.69, 9.17) is 10.4 Å². The van der Waals surface area contributed by atoms with Crippen molar-refractivity contribution in [2.75, 3.05) is 11.9 Å². The molecule has 0 radical (unpaired) electrons. The Morgan fingerprint density at radius 3 is 2.68 bits per heavy atom. The van der Waals surface area contributed by atoms with Crippen molar-refractivity contribution in [1.82, 2.24) is 9.97 Å². The number of aromatic nitrogens is 2. The zero-order chi connectivity index (χ0) is 13.7. The molecule has 1 heterocycles. The lowest BCUT2D eigenvalue weighted by Crippen LogP contribution is -2.25. The fraction of sp³-hybridized carbons (Fsp3) is 0.538. The van der Waals surface area contributed by atoms with E-state index in [1.807, 2.05) is 6.07 Å². The van der Waals surface area contributed by atoms with Crippen LogP contribution in [-0.2, 0) is 4.79 Å². The van der Waals surface area contributed by atoms with Gasteiger partial charge in [0.1, 0.15) is 6.07 Å². The molecule has 0 unspecified atom stereocenters. The van der Waals surface area contributed by atoms with Crippen LogP contribution in [0.3, 0.4) is 0 Å². The molecule has 0 atom stereocenters. The number of nitriles is 1. The average molecular weight is 260 g/mol. The van der Waals surface area contributed by atoms with E-state index in [0.29, 0.717) is 24.0 Å². The van der Waals surface area contributed by atoms with Crippen molar-refractivity contribution in [3.8, 4) is 6.07 Å². The molecule has 0 saturated heterocycles. The van der Waals surface area contributed by atoms with Gasteiger partial charge in [-0.2, -0.15) is 5.26 Å². The molecule has 1 aliphatic carbocycles. The fourth-order valence-corrected chi connectivity index (χ4v) is 2.40. The third-order valence-electron chi connectivity index (χ3n) is 3.56. The molecule has 0 aliphatic heterocycles. The highest BCUT2D eigenvalue weighted by Gasteiger charge is 2.25. The maximum atomic E-state index is 10.9. The van der Waals surface area contributed by atoms with Gasteiger partial charge in [-0.05, 0) is 31.6 Å². The summed E-state index contributed by atoms with van der Waals surface area (Å²) in [5.41, 5.74) is 0.293. The lowest BCUT2D eigenvalue weighted by Gasteiger charge is -2.26. The molecule has 1 fully saturated rings. The lowest BCUT2D eigenvalue weighted by atomic mass is 9.82. The van der Waals surface area contributed by atoms with Crippen LogP contribution >= 0.6 is 0 Å². The van der Waals surface area contributed by atoms with Crippen LogP contribution in [0.5, 0.6) is 0 Å². The first kappa shape index (κ1) is 13.3. The summed E-state index contributed by atoms with van der Waals surface area (Å²) >= 11 is 0. The van der Waals surface area contributed by atoms with Gasteiger partial charge >= 0.3 is 5.97 Å². The average Bonchev–Trinajstić information content (AvgIpc) is 2.45. The van der Waals surface area contributed by atoms with Gasteiger partial charge in [-0.15, -0.1) is 0 Å². The quantitative estimate of drug-likeness (QED) is 0.854. The van der Waals surface area contributed by atoms with Gasteiger partial charge in [-0.1, -0.05) is 0 Å². The molecule has 1 aromatic rings. The number of aliphatic carboxylic acids is 1. The highest BCUT2D eigenvalue weighted by atomic mass is 16.4. The lowest BCUT2D eigenvalue weighted by molar-refractivity contribution is -0.143. The molecule has 6 heteroatoms. The van der Waals surface area contributed by atoms with Gasteiger partial charge in [-0.25, -0.2) is 9.97 Å². The normalized spacial score (nSPS) is 22.5. The summed E-state index contributed by atoms with van der Waals surface area (Å²) in [5.74, 6) is 0.0593. The number of anilines is 1. The van der Waals surface area contributed by atoms with Gasteiger partial charge in [-0.3, -0.25) is 4.79 Å². The van der Waals surface area contributed by atoms with Crippen LogP contribution in [0.2, 0.25) is 0 Å². The Labute approximate surface area is 111 Å². The van der Waals surface area contributed by atoms with Crippen molar-refractivity contribution < 1.29 is 9.90 Å². The number of carbonyl (C=O) groups is 1. The molecule has 100 valence electrons.